The minimum Gasteiger partial charge on any atom is -0.493 e. The number of hydrogen-bond donors (Lipinski definition) is 1. The second kappa shape index (κ2) is 5.40. The van der Waals surface area contributed by atoms with Gasteiger partial charge in [-0.15, -0.1) is 0 Å². The summed E-state index contributed by atoms with van der Waals surface area (Å²) in [5.74, 6) is 2.56. The summed E-state index contributed by atoms with van der Waals surface area (Å²) < 4.78 is 6.48. The van der Waals surface area contributed by atoms with E-state index in [0.29, 0.717) is 0 Å². The summed E-state index contributed by atoms with van der Waals surface area (Å²) in [7, 11) is 1.87. The molecule has 1 aliphatic heterocycles. The summed E-state index contributed by atoms with van der Waals surface area (Å²) in [6.45, 7) is 2.86. The largest absolute Gasteiger partial charge is 0.493 e. The highest BCUT2D eigenvalue weighted by Crippen LogP contribution is 2.31. The third-order valence-corrected chi connectivity index (χ3v) is 4.27. The molecule has 0 radical (unpaired) electrons. The highest BCUT2D eigenvalue weighted by atomic mass is 79.9. The fourth-order valence-electron chi connectivity index (χ4n) is 2.35. The van der Waals surface area contributed by atoms with Gasteiger partial charge in [0.1, 0.15) is 11.6 Å². The molecule has 2 heterocycles. The monoisotopic (exact) mass is 333 g/mol. The van der Waals surface area contributed by atoms with E-state index in [1.165, 1.54) is 5.56 Å². The Morgan fingerprint density at radius 1 is 1.35 bits per heavy atom. The maximum atomic E-state index is 5.54. The van der Waals surface area contributed by atoms with Crippen LogP contribution in [0, 0.1) is 0 Å². The molecule has 20 heavy (non-hydrogen) atoms. The normalized spacial score (nSPS) is 12.9. The minimum absolute atomic E-state index is 0.754. The van der Waals surface area contributed by atoms with E-state index in [0.717, 1.165) is 52.6 Å². The maximum Gasteiger partial charge on any atom is 0.161 e. The molecule has 1 aromatic heterocycles. The van der Waals surface area contributed by atoms with Crippen molar-refractivity contribution in [2.24, 2.45) is 0 Å². The Morgan fingerprint density at radius 2 is 2.20 bits per heavy atom. The van der Waals surface area contributed by atoms with Crippen LogP contribution in [0.2, 0.25) is 0 Å². The van der Waals surface area contributed by atoms with Gasteiger partial charge in [-0.3, -0.25) is 0 Å². The van der Waals surface area contributed by atoms with Crippen molar-refractivity contribution in [3.63, 3.8) is 0 Å². The molecule has 5 heteroatoms. The number of benzene rings is 1. The lowest BCUT2D eigenvalue weighted by molar-refractivity contribution is 0.357. The van der Waals surface area contributed by atoms with Gasteiger partial charge in [-0.05, 0) is 46.1 Å². The van der Waals surface area contributed by atoms with Crippen LogP contribution in [-0.2, 0) is 12.8 Å². The van der Waals surface area contributed by atoms with E-state index >= 15 is 0 Å². The summed E-state index contributed by atoms with van der Waals surface area (Å²) in [4.78, 5) is 9.24. The standard InChI is InChI=1S/C15H16BrN3O/c1-3-11-13(16)15(17-2)19-14(18-11)10-4-5-12-9(8-10)6-7-20-12/h4-5,8H,3,6-7H2,1-2H3,(H,17,18,19). The molecule has 0 aliphatic carbocycles. The van der Waals surface area contributed by atoms with E-state index in [1.54, 1.807) is 0 Å². The first-order chi connectivity index (χ1) is 9.72. The number of anilines is 1. The summed E-state index contributed by atoms with van der Waals surface area (Å²) in [6.07, 6.45) is 1.82. The van der Waals surface area contributed by atoms with Gasteiger partial charge < -0.3 is 10.1 Å². The lowest BCUT2D eigenvalue weighted by atomic mass is 10.1. The number of fused-ring (bicyclic) bond motifs is 1. The molecule has 0 amide bonds. The van der Waals surface area contributed by atoms with Crippen LogP contribution in [0.15, 0.2) is 22.7 Å². The topological polar surface area (TPSA) is 47.0 Å². The fraction of sp³-hybridized carbons (Fsp3) is 0.333. The summed E-state index contributed by atoms with van der Waals surface area (Å²) >= 11 is 3.55. The molecule has 1 aliphatic rings. The first-order valence-corrected chi connectivity index (χ1v) is 7.52. The number of rotatable bonds is 3. The van der Waals surface area contributed by atoms with Crippen molar-refractivity contribution in [2.45, 2.75) is 19.8 Å². The number of nitrogens with zero attached hydrogens (tertiary/aromatic N) is 2. The predicted octanol–water partition coefficient (Wildman–Crippen LogP) is 3.45. The Morgan fingerprint density at radius 3 is 2.95 bits per heavy atom. The Hall–Kier alpha value is -1.62. The number of ether oxygens (including phenoxy) is 1. The zero-order valence-electron chi connectivity index (χ0n) is 11.5. The zero-order valence-corrected chi connectivity index (χ0v) is 13.1. The van der Waals surface area contributed by atoms with Crippen molar-refractivity contribution in [1.82, 2.24) is 9.97 Å². The summed E-state index contributed by atoms with van der Waals surface area (Å²) in [5, 5.41) is 3.11. The van der Waals surface area contributed by atoms with Crippen LogP contribution in [0.25, 0.3) is 11.4 Å². The number of aromatic nitrogens is 2. The van der Waals surface area contributed by atoms with Crippen molar-refractivity contribution in [1.29, 1.82) is 0 Å². The molecule has 0 atom stereocenters. The van der Waals surface area contributed by atoms with Crippen molar-refractivity contribution < 1.29 is 4.74 Å². The van der Waals surface area contributed by atoms with Gasteiger partial charge in [0.25, 0.3) is 0 Å². The Balaban J connectivity index is 2.09. The van der Waals surface area contributed by atoms with E-state index in [9.17, 15) is 0 Å². The van der Waals surface area contributed by atoms with Crippen molar-refractivity contribution in [2.75, 3.05) is 19.0 Å². The van der Waals surface area contributed by atoms with Crippen molar-refractivity contribution >= 4 is 21.7 Å². The molecule has 3 rings (SSSR count). The quantitative estimate of drug-likeness (QED) is 0.934. The van der Waals surface area contributed by atoms with E-state index in [-0.39, 0.29) is 0 Å². The zero-order chi connectivity index (χ0) is 14.1. The van der Waals surface area contributed by atoms with Gasteiger partial charge >= 0.3 is 0 Å². The van der Waals surface area contributed by atoms with Crippen molar-refractivity contribution in [3.05, 3.63) is 33.9 Å². The smallest absolute Gasteiger partial charge is 0.161 e. The lowest BCUT2D eigenvalue weighted by Gasteiger charge is -2.10. The molecule has 0 saturated carbocycles. The SMILES string of the molecule is CCc1nc(-c2ccc3c(c2)CCO3)nc(NC)c1Br. The van der Waals surface area contributed by atoms with E-state index in [1.807, 2.05) is 19.2 Å². The fourth-order valence-corrected chi connectivity index (χ4v) is 3.00. The number of nitrogens with one attached hydrogen (secondary N) is 1. The molecular formula is C15H16BrN3O. The van der Waals surface area contributed by atoms with Crippen LogP contribution in [0.4, 0.5) is 5.82 Å². The van der Waals surface area contributed by atoms with Crippen LogP contribution in [0.3, 0.4) is 0 Å². The average molecular weight is 334 g/mol. The minimum atomic E-state index is 0.754. The highest BCUT2D eigenvalue weighted by Gasteiger charge is 2.16. The lowest BCUT2D eigenvalue weighted by Crippen LogP contribution is -2.02. The number of aryl methyl sites for hydroxylation is 1. The Bertz CT molecular complexity index is 633. The molecule has 0 fully saturated rings. The Labute approximate surface area is 126 Å². The molecule has 4 nitrogen and oxygen atoms in total. The van der Waals surface area contributed by atoms with E-state index < -0.39 is 0 Å². The number of hydrogen-bond acceptors (Lipinski definition) is 4. The van der Waals surface area contributed by atoms with Gasteiger partial charge in [0.15, 0.2) is 5.82 Å². The van der Waals surface area contributed by atoms with Crippen molar-refractivity contribution in [3.8, 4) is 17.1 Å². The molecular weight excluding hydrogens is 318 g/mol. The molecule has 104 valence electrons. The van der Waals surface area contributed by atoms with E-state index in [2.05, 4.69) is 44.2 Å². The molecule has 0 saturated heterocycles. The third-order valence-electron chi connectivity index (χ3n) is 3.44. The van der Waals surface area contributed by atoms with Gasteiger partial charge in [-0.2, -0.15) is 0 Å². The van der Waals surface area contributed by atoms with Crippen LogP contribution < -0.4 is 10.1 Å². The third kappa shape index (κ3) is 2.26. The molecule has 0 bridgehead atoms. The summed E-state index contributed by atoms with van der Waals surface area (Å²) in [5.41, 5.74) is 3.28. The van der Waals surface area contributed by atoms with E-state index in [4.69, 9.17) is 4.74 Å². The molecule has 1 N–H and O–H groups in total. The highest BCUT2D eigenvalue weighted by molar-refractivity contribution is 9.10. The van der Waals surface area contributed by atoms with Crippen LogP contribution >= 0.6 is 15.9 Å². The Kier molecular flexibility index (Phi) is 3.61. The molecule has 0 unspecified atom stereocenters. The first-order valence-electron chi connectivity index (χ1n) is 6.73. The van der Waals surface area contributed by atoms with Gasteiger partial charge in [0, 0.05) is 19.0 Å². The van der Waals surface area contributed by atoms with Gasteiger partial charge in [-0.1, -0.05) is 6.92 Å². The number of halogens is 1. The van der Waals surface area contributed by atoms with Gasteiger partial charge in [0.2, 0.25) is 0 Å². The van der Waals surface area contributed by atoms with Gasteiger partial charge in [0.05, 0.1) is 16.8 Å². The summed E-state index contributed by atoms with van der Waals surface area (Å²) in [6, 6.07) is 6.16. The maximum absolute atomic E-state index is 5.54. The molecule has 2 aromatic rings. The predicted molar refractivity (Wildman–Crippen MR) is 83.3 cm³/mol. The van der Waals surface area contributed by atoms with Crippen LogP contribution in [-0.4, -0.2) is 23.6 Å². The molecule has 0 spiro atoms. The first kappa shape index (κ1) is 13.4. The van der Waals surface area contributed by atoms with Gasteiger partial charge in [-0.25, -0.2) is 9.97 Å². The second-order valence-corrected chi connectivity index (χ2v) is 5.47. The average Bonchev–Trinajstić information content (AvgIpc) is 2.95. The van der Waals surface area contributed by atoms with Crippen LogP contribution in [0.5, 0.6) is 5.75 Å². The van der Waals surface area contributed by atoms with Crippen LogP contribution in [0.1, 0.15) is 18.2 Å². The molecule has 1 aromatic carbocycles. The second-order valence-electron chi connectivity index (χ2n) is 4.68.